The molecule has 0 saturated heterocycles. The van der Waals surface area contributed by atoms with E-state index >= 15 is 0 Å². The van der Waals surface area contributed by atoms with Crippen molar-refractivity contribution in [2.75, 3.05) is 0 Å². The molecular formula is C12H14O. The Labute approximate surface area is 78.8 Å². The van der Waals surface area contributed by atoms with Crippen LogP contribution in [0.4, 0.5) is 0 Å². The number of fused-ring (bicyclic) bond motifs is 1. The highest BCUT2D eigenvalue weighted by molar-refractivity contribution is 5.86. The summed E-state index contributed by atoms with van der Waals surface area (Å²) in [5, 5.41) is 0. The van der Waals surface area contributed by atoms with Gasteiger partial charge in [-0.05, 0) is 24.0 Å². The molecule has 0 aliphatic heterocycles. The van der Waals surface area contributed by atoms with Gasteiger partial charge < -0.3 is 0 Å². The molecule has 0 fully saturated rings. The van der Waals surface area contributed by atoms with Gasteiger partial charge in [-0.3, -0.25) is 4.79 Å². The third-order valence-corrected chi connectivity index (χ3v) is 2.87. The second kappa shape index (κ2) is 3.33. The zero-order valence-electron chi connectivity index (χ0n) is 7.92. The molecule has 1 nitrogen and oxygen atoms in total. The van der Waals surface area contributed by atoms with Crippen LogP contribution in [0.2, 0.25) is 0 Å². The minimum atomic E-state index is 0.110. The largest absolute Gasteiger partial charge is 0.299 e. The van der Waals surface area contributed by atoms with Crippen molar-refractivity contribution in [3.63, 3.8) is 0 Å². The van der Waals surface area contributed by atoms with Gasteiger partial charge in [-0.2, -0.15) is 0 Å². The van der Waals surface area contributed by atoms with Crippen molar-refractivity contribution in [1.82, 2.24) is 0 Å². The Morgan fingerprint density at radius 1 is 1.23 bits per heavy atom. The van der Waals surface area contributed by atoms with Crippen LogP contribution >= 0.6 is 0 Å². The van der Waals surface area contributed by atoms with Gasteiger partial charge >= 0.3 is 0 Å². The van der Waals surface area contributed by atoms with E-state index in [1.807, 2.05) is 13.0 Å². The van der Waals surface area contributed by atoms with Crippen LogP contribution in [-0.2, 0) is 11.2 Å². The van der Waals surface area contributed by atoms with Crippen molar-refractivity contribution in [3.8, 4) is 0 Å². The second-order valence-electron chi connectivity index (χ2n) is 3.74. The number of ketones is 1. The standard InChI is InChI=1S/C12H14O/c1-9-11-7-3-2-5-10(11)6-4-8-12(9)13/h2-3,5,7,9H,4,6,8H2,1H3. The van der Waals surface area contributed by atoms with Crippen molar-refractivity contribution in [1.29, 1.82) is 0 Å². The Hall–Kier alpha value is -1.11. The molecule has 0 amide bonds. The minimum Gasteiger partial charge on any atom is -0.299 e. The normalized spacial score (nSPS) is 22.2. The lowest BCUT2D eigenvalue weighted by atomic mass is 9.94. The minimum absolute atomic E-state index is 0.110. The molecule has 1 heteroatoms. The van der Waals surface area contributed by atoms with Gasteiger partial charge in [0.15, 0.2) is 0 Å². The Kier molecular flexibility index (Phi) is 2.17. The maximum Gasteiger partial charge on any atom is 0.140 e. The summed E-state index contributed by atoms with van der Waals surface area (Å²) in [6, 6.07) is 8.31. The molecule has 0 saturated carbocycles. The van der Waals surface area contributed by atoms with Crippen LogP contribution in [0.25, 0.3) is 0 Å². The zero-order valence-corrected chi connectivity index (χ0v) is 7.92. The number of hydrogen-bond acceptors (Lipinski definition) is 1. The van der Waals surface area contributed by atoms with E-state index < -0.39 is 0 Å². The smallest absolute Gasteiger partial charge is 0.140 e. The Bertz CT molecular complexity index is 328. The summed E-state index contributed by atoms with van der Waals surface area (Å²) in [7, 11) is 0. The highest BCUT2D eigenvalue weighted by Gasteiger charge is 2.20. The molecule has 68 valence electrons. The molecule has 13 heavy (non-hydrogen) atoms. The molecule has 1 unspecified atom stereocenters. The number of Topliss-reactive ketones (excluding diaryl/α,β-unsaturated/α-hetero) is 1. The van der Waals surface area contributed by atoms with Gasteiger partial charge in [0.05, 0.1) is 0 Å². The molecule has 0 radical (unpaired) electrons. The predicted molar refractivity (Wildman–Crippen MR) is 52.8 cm³/mol. The summed E-state index contributed by atoms with van der Waals surface area (Å²) >= 11 is 0. The van der Waals surface area contributed by atoms with E-state index in [4.69, 9.17) is 0 Å². The summed E-state index contributed by atoms with van der Waals surface area (Å²) < 4.78 is 0. The monoisotopic (exact) mass is 174 g/mol. The summed E-state index contributed by atoms with van der Waals surface area (Å²) in [6.45, 7) is 2.02. The lowest BCUT2D eigenvalue weighted by Crippen LogP contribution is -2.06. The molecule has 1 aliphatic rings. The van der Waals surface area contributed by atoms with E-state index in [0.717, 1.165) is 19.3 Å². The predicted octanol–water partition coefficient (Wildman–Crippen LogP) is 2.70. The van der Waals surface area contributed by atoms with Crippen LogP contribution in [0, 0.1) is 0 Å². The molecule has 2 rings (SSSR count). The summed E-state index contributed by atoms with van der Waals surface area (Å²) in [5.74, 6) is 0.503. The molecule has 0 N–H and O–H groups in total. The number of carbonyl (C=O) groups excluding carboxylic acids is 1. The molecule has 0 aromatic heterocycles. The maximum atomic E-state index is 11.6. The third-order valence-electron chi connectivity index (χ3n) is 2.87. The second-order valence-corrected chi connectivity index (χ2v) is 3.74. The van der Waals surface area contributed by atoms with E-state index in [1.165, 1.54) is 11.1 Å². The number of aryl methyl sites for hydroxylation is 1. The number of benzene rings is 1. The van der Waals surface area contributed by atoms with E-state index in [9.17, 15) is 4.79 Å². The van der Waals surface area contributed by atoms with Gasteiger partial charge in [-0.25, -0.2) is 0 Å². The average Bonchev–Trinajstić information content (AvgIpc) is 2.29. The molecular weight excluding hydrogens is 160 g/mol. The zero-order chi connectivity index (χ0) is 9.26. The van der Waals surface area contributed by atoms with E-state index in [1.54, 1.807) is 0 Å². The van der Waals surface area contributed by atoms with Crippen molar-refractivity contribution in [3.05, 3.63) is 35.4 Å². The first-order chi connectivity index (χ1) is 6.29. The fraction of sp³-hybridized carbons (Fsp3) is 0.417. The van der Waals surface area contributed by atoms with Gasteiger partial charge in [0.1, 0.15) is 5.78 Å². The fourth-order valence-electron chi connectivity index (χ4n) is 2.03. The lowest BCUT2D eigenvalue weighted by molar-refractivity contribution is -0.120. The molecule has 0 bridgehead atoms. The SMILES string of the molecule is CC1C(=O)CCCc2ccccc21. The fourth-order valence-corrected chi connectivity index (χ4v) is 2.03. The summed E-state index contributed by atoms with van der Waals surface area (Å²) in [6.07, 6.45) is 2.82. The van der Waals surface area contributed by atoms with Crippen LogP contribution in [-0.4, -0.2) is 5.78 Å². The van der Waals surface area contributed by atoms with E-state index in [2.05, 4.69) is 18.2 Å². The first-order valence-electron chi connectivity index (χ1n) is 4.89. The van der Waals surface area contributed by atoms with Crippen molar-refractivity contribution in [2.45, 2.75) is 32.1 Å². The Morgan fingerprint density at radius 2 is 2.00 bits per heavy atom. The van der Waals surface area contributed by atoms with Crippen LogP contribution in [0.15, 0.2) is 24.3 Å². The van der Waals surface area contributed by atoms with Crippen LogP contribution in [0.5, 0.6) is 0 Å². The first kappa shape index (κ1) is 8.49. The number of carbonyl (C=O) groups is 1. The first-order valence-corrected chi connectivity index (χ1v) is 4.89. The van der Waals surface area contributed by atoms with Crippen molar-refractivity contribution >= 4 is 5.78 Å². The van der Waals surface area contributed by atoms with Gasteiger partial charge in [0.2, 0.25) is 0 Å². The van der Waals surface area contributed by atoms with Crippen LogP contribution in [0.1, 0.15) is 36.8 Å². The Morgan fingerprint density at radius 3 is 2.85 bits per heavy atom. The Balaban J connectivity index is 2.46. The van der Waals surface area contributed by atoms with Crippen molar-refractivity contribution in [2.24, 2.45) is 0 Å². The maximum absolute atomic E-state index is 11.6. The van der Waals surface area contributed by atoms with E-state index in [0.29, 0.717) is 5.78 Å². The molecule has 1 aromatic rings. The highest BCUT2D eigenvalue weighted by Crippen LogP contribution is 2.27. The quantitative estimate of drug-likeness (QED) is 0.553. The average molecular weight is 174 g/mol. The molecule has 0 spiro atoms. The van der Waals surface area contributed by atoms with Crippen LogP contribution in [0.3, 0.4) is 0 Å². The third kappa shape index (κ3) is 1.51. The van der Waals surface area contributed by atoms with Crippen molar-refractivity contribution < 1.29 is 4.79 Å². The van der Waals surface area contributed by atoms with Gasteiger partial charge in [-0.15, -0.1) is 0 Å². The highest BCUT2D eigenvalue weighted by atomic mass is 16.1. The summed E-state index contributed by atoms with van der Waals surface area (Å²) in [5.41, 5.74) is 2.60. The van der Waals surface area contributed by atoms with Gasteiger partial charge in [-0.1, -0.05) is 31.2 Å². The lowest BCUT2D eigenvalue weighted by Gasteiger charge is -2.10. The topological polar surface area (TPSA) is 17.1 Å². The van der Waals surface area contributed by atoms with Gasteiger partial charge in [0.25, 0.3) is 0 Å². The van der Waals surface area contributed by atoms with E-state index in [-0.39, 0.29) is 5.92 Å². The molecule has 1 aliphatic carbocycles. The number of rotatable bonds is 0. The van der Waals surface area contributed by atoms with Gasteiger partial charge in [0, 0.05) is 12.3 Å². The van der Waals surface area contributed by atoms with Crippen LogP contribution < -0.4 is 0 Å². The molecule has 1 aromatic carbocycles. The number of hydrogen-bond donors (Lipinski definition) is 0. The summed E-state index contributed by atoms with van der Waals surface area (Å²) in [4.78, 5) is 11.6. The molecule has 1 atom stereocenters. The molecule has 0 heterocycles.